The molecule has 0 aliphatic heterocycles. The van der Waals surface area contributed by atoms with E-state index in [-0.39, 0.29) is 0 Å². The molecule has 0 unspecified atom stereocenters. The topological polar surface area (TPSA) is 30.7 Å². The number of para-hydroxylation sites is 2. The van der Waals surface area contributed by atoms with Crippen LogP contribution in [-0.4, -0.2) is 14.5 Å². The Kier molecular flexibility index (Phi) is 7.59. The summed E-state index contributed by atoms with van der Waals surface area (Å²) in [7, 11) is 0. The molecular weight excluding hydrogens is 619 g/mol. The standard InChI is InChI=1S/C48H35N3/c1-32-40(25-15-26-41(32)47-33(2)46(34-16-6-3-7-17-34)49-48(50-47)35-18-8-4-9-19-35)38-21-14-20-36(30-38)37-28-29-45-43(31-37)42-24-12-13-27-44(42)51(45)39-22-10-5-11-23-39/h3-31H,1-2H3. The van der Waals surface area contributed by atoms with E-state index in [1.54, 1.807) is 0 Å². The Morgan fingerprint density at radius 1 is 0.373 bits per heavy atom. The maximum Gasteiger partial charge on any atom is 0.160 e. The summed E-state index contributed by atoms with van der Waals surface area (Å²) in [5, 5.41) is 2.50. The van der Waals surface area contributed by atoms with Crippen molar-refractivity contribution < 1.29 is 0 Å². The normalized spacial score (nSPS) is 11.3. The second-order valence-electron chi connectivity index (χ2n) is 13.1. The number of aromatic nitrogens is 3. The first kappa shape index (κ1) is 30.5. The molecule has 2 heterocycles. The molecule has 0 fully saturated rings. The second kappa shape index (κ2) is 12.7. The van der Waals surface area contributed by atoms with Crippen molar-refractivity contribution in [3.63, 3.8) is 0 Å². The van der Waals surface area contributed by atoms with Gasteiger partial charge in [-0.3, -0.25) is 0 Å². The number of rotatable bonds is 6. The van der Waals surface area contributed by atoms with Gasteiger partial charge in [0.15, 0.2) is 5.82 Å². The van der Waals surface area contributed by atoms with Gasteiger partial charge >= 0.3 is 0 Å². The first-order valence-electron chi connectivity index (χ1n) is 17.4. The number of nitrogens with zero attached hydrogens (tertiary/aromatic N) is 3. The first-order valence-corrected chi connectivity index (χ1v) is 17.4. The Balaban J connectivity index is 1.16. The van der Waals surface area contributed by atoms with Crippen molar-refractivity contribution in [2.45, 2.75) is 13.8 Å². The van der Waals surface area contributed by atoms with Crippen molar-refractivity contribution in [3.8, 4) is 61.8 Å². The molecule has 242 valence electrons. The van der Waals surface area contributed by atoms with Crippen molar-refractivity contribution in [1.82, 2.24) is 14.5 Å². The van der Waals surface area contributed by atoms with Crippen LogP contribution in [0.3, 0.4) is 0 Å². The lowest BCUT2D eigenvalue weighted by atomic mass is 9.91. The van der Waals surface area contributed by atoms with E-state index in [0.717, 1.165) is 39.5 Å². The number of hydrogen-bond donors (Lipinski definition) is 0. The van der Waals surface area contributed by atoms with Crippen LogP contribution < -0.4 is 0 Å². The van der Waals surface area contributed by atoms with Crippen molar-refractivity contribution in [1.29, 1.82) is 0 Å². The lowest BCUT2D eigenvalue weighted by molar-refractivity contribution is 1.14. The number of hydrogen-bond acceptors (Lipinski definition) is 2. The fraction of sp³-hybridized carbons (Fsp3) is 0.0417. The van der Waals surface area contributed by atoms with Crippen LogP contribution >= 0.6 is 0 Å². The molecule has 0 bridgehead atoms. The summed E-state index contributed by atoms with van der Waals surface area (Å²) in [5.41, 5.74) is 15.7. The molecule has 0 amide bonds. The molecule has 0 aliphatic rings. The molecule has 3 heteroatoms. The van der Waals surface area contributed by atoms with E-state index in [9.17, 15) is 0 Å². The van der Waals surface area contributed by atoms with Gasteiger partial charge in [0, 0.05) is 38.7 Å². The summed E-state index contributed by atoms with van der Waals surface area (Å²) in [6, 6.07) is 62.4. The summed E-state index contributed by atoms with van der Waals surface area (Å²) in [6.45, 7) is 4.36. The monoisotopic (exact) mass is 653 g/mol. The summed E-state index contributed by atoms with van der Waals surface area (Å²) in [5.74, 6) is 0.728. The maximum atomic E-state index is 5.22. The number of benzene rings is 7. The van der Waals surface area contributed by atoms with Crippen molar-refractivity contribution >= 4 is 21.8 Å². The SMILES string of the molecule is Cc1c(-c2cccc(-c3ccc4c(c3)c3ccccc3n4-c3ccccc3)c2)cccc1-c1nc(-c2ccccc2)nc(-c2ccccc2)c1C. The van der Waals surface area contributed by atoms with E-state index in [0.29, 0.717) is 0 Å². The molecule has 51 heavy (non-hydrogen) atoms. The molecule has 0 saturated heterocycles. The highest BCUT2D eigenvalue weighted by molar-refractivity contribution is 6.10. The Bertz CT molecular complexity index is 2690. The van der Waals surface area contributed by atoms with Gasteiger partial charge < -0.3 is 4.57 Å². The third-order valence-corrected chi connectivity index (χ3v) is 10.0. The van der Waals surface area contributed by atoms with Crippen molar-refractivity contribution in [2.24, 2.45) is 0 Å². The van der Waals surface area contributed by atoms with Gasteiger partial charge in [0.2, 0.25) is 0 Å². The molecule has 0 aliphatic carbocycles. The molecule has 0 spiro atoms. The van der Waals surface area contributed by atoms with Gasteiger partial charge in [0.25, 0.3) is 0 Å². The van der Waals surface area contributed by atoms with Crippen LogP contribution in [0.1, 0.15) is 11.1 Å². The van der Waals surface area contributed by atoms with E-state index in [1.165, 1.54) is 55.3 Å². The van der Waals surface area contributed by atoms with Gasteiger partial charge in [0.05, 0.1) is 22.4 Å². The molecule has 7 aromatic carbocycles. The Morgan fingerprint density at radius 2 is 0.941 bits per heavy atom. The van der Waals surface area contributed by atoms with E-state index >= 15 is 0 Å². The van der Waals surface area contributed by atoms with Crippen molar-refractivity contribution in [3.05, 3.63) is 187 Å². The fourth-order valence-corrected chi connectivity index (χ4v) is 7.45. The minimum atomic E-state index is 0.728. The molecule has 0 atom stereocenters. The number of fused-ring (bicyclic) bond motifs is 3. The Labute approximate surface area is 298 Å². The van der Waals surface area contributed by atoms with Crippen LogP contribution in [0, 0.1) is 13.8 Å². The molecule has 9 aromatic rings. The summed E-state index contributed by atoms with van der Waals surface area (Å²) in [4.78, 5) is 10.3. The highest BCUT2D eigenvalue weighted by Gasteiger charge is 2.19. The van der Waals surface area contributed by atoms with Gasteiger partial charge in [0.1, 0.15) is 0 Å². The molecule has 2 aromatic heterocycles. The smallest absolute Gasteiger partial charge is 0.160 e. The van der Waals surface area contributed by atoms with Gasteiger partial charge in [-0.05, 0) is 78.1 Å². The average molecular weight is 654 g/mol. The molecule has 0 saturated carbocycles. The minimum absolute atomic E-state index is 0.728. The summed E-state index contributed by atoms with van der Waals surface area (Å²) < 4.78 is 2.36. The molecular formula is C48H35N3. The van der Waals surface area contributed by atoms with Gasteiger partial charge in [-0.2, -0.15) is 0 Å². The molecule has 0 N–H and O–H groups in total. The van der Waals surface area contributed by atoms with Crippen LogP contribution in [0.2, 0.25) is 0 Å². The lowest BCUT2D eigenvalue weighted by Crippen LogP contribution is -2.01. The molecule has 9 rings (SSSR count). The van der Waals surface area contributed by atoms with E-state index in [1.807, 2.05) is 24.3 Å². The quantitative estimate of drug-likeness (QED) is 0.179. The van der Waals surface area contributed by atoms with Crippen LogP contribution in [0.4, 0.5) is 0 Å². The Morgan fingerprint density at radius 3 is 1.73 bits per heavy atom. The van der Waals surface area contributed by atoms with E-state index < -0.39 is 0 Å². The Hall–Kier alpha value is -6.58. The maximum absolute atomic E-state index is 5.22. The third kappa shape index (κ3) is 5.40. The van der Waals surface area contributed by atoms with Gasteiger partial charge in [-0.15, -0.1) is 0 Å². The zero-order valence-electron chi connectivity index (χ0n) is 28.6. The van der Waals surface area contributed by atoms with Crippen LogP contribution in [0.25, 0.3) is 83.6 Å². The first-order chi connectivity index (χ1) is 25.1. The third-order valence-electron chi connectivity index (χ3n) is 10.0. The lowest BCUT2D eigenvalue weighted by Gasteiger charge is -2.17. The zero-order valence-corrected chi connectivity index (χ0v) is 28.6. The van der Waals surface area contributed by atoms with Crippen LogP contribution in [0.15, 0.2) is 176 Å². The van der Waals surface area contributed by atoms with Gasteiger partial charge in [-0.1, -0.05) is 140 Å². The predicted octanol–water partition coefficient (Wildman–Crippen LogP) is 12.5. The summed E-state index contributed by atoms with van der Waals surface area (Å²) >= 11 is 0. The summed E-state index contributed by atoms with van der Waals surface area (Å²) in [6.07, 6.45) is 0. The average Bonchev–Trinajstić information content (AvgIpc) is 3.53. The zero-order chi connectivity index (χ0) is 34.3. The predicted molar refractivity (Wildman–Crippen MR) is 213 cm³/mol. The molecule has 0 radical (unpaired) electrons. The minimum Gasteiger partial charge on any atom is -0.309 e. The van der Waals surface area contributed by atoms with E-state index in [4.69, 9.17) is 9.97 Å². The van der Waals surface area contributed by atoms with Crippen LogP contribution in [0.5, 0.6) is 0 Å². The largest absolute Gasteiger partial charge is 0.309 e. The highest BCUT2D eigenvalue weighted by Crippen LogP contribution is 2.39. The second-order valence-corrected chi connectivity index (χ2v) is 13.1. The van der Waals surface area contributed by atoms with Crippen molar-refractivity contribution in [2.75, 3.05) is 0 Å². The van der Waals surface area contributed by atoms with Crippen LogP contribution in [-0.2, 0) is 0 Å². The highest BCUT2D eigenvalue weighted by atomic mass is 15.0. The van der Waals surface area contributed by atoms with E-state index in [2.05, 4.69) is 170 Å². The van der Waals surface area contributed by atoms with Gasteiger partial charge in [-0.25, -0.2) is 9.97 Å². The fourth-order valence-electron chi connectivity index (χ4n) is 7.45. The molecule has 3 nitrogen and oxygen atoms in total.